The molecule has 0 spiro atoms. The van der Waals surface area contributed by atoms with Crippen LogP contribution in [0.15, 0.2) is 53.3 Å². The van der Waals surface area contributed by atoms with E-state index in [0.29, 0.717) is 17.3 Å². The summed E-state index contributed by atoms with van der Waals surface area (Å²) in [6.45, 7) is 4.43. The molecule has 132 valence electrons. The van der Waals surface area contributed by atoms with E-state index in [1.165, 1.54) is 0 Å². The molecular weight excluding hydrogens is 338 g/mol. The Morgan fingerprint density at radius 1 is 0.960 bits per heavy atom. The monoisotopic (exact) mass is 359 g/mol. The summed E-state index contributed by atoms with van der Waals surface area (Å²) in [5, 5.41) is 7.35. The van der Waals surface area contributed by atoms with Crippen LogP contribution in [0.3, 0.4) is 0 Å². The third-order valence-corrected chi connectivity index (χ3v) is 4.05. The largest absolute Gasteiger partial charge is 0.353 e. The fourth-order valence-corrected chi connectivity index (χ4v) is 2.91. The van der Waals surface area contributed by atoms with Gasteiger partial charge in [-0.05, 0) is 30.8 Å². The van der Waals surface area contributed by atoms with Crippen LogP contribution in [0.4, 0.5) is 0 Å². The standard InChI is InChI=1S/C19H21N3O2.ClH/c1-2-20-11-12-21-18(23)13-22-16-9-5-3-7-14(16)19(24)15-8-4-6-10-17(15)22;/h3-10,20H,2,11-13H2,1H3,(H,21,23);1H. The molecule has 0 radical (unpaired) electrons. The van der Waals surface area contributed by atoms with Gasteiger partial charge in [0.05, 0.1) is 11.0 Å². The number of nitrogens with one attached hydrogen (secondary N) is 2. The molecule has 0 aliphatic carbocycles. The number of para-hydroxylation sites is 2. The van der Waals surface area contributed by atoms with Crippen molar-refractivity contribution in [1.82, 2.24) is 15.2 Å². The van der Waals surface area contributed by atoms with Crippen LogP contribution in [0, 0.1) is 0 Å². The van der Waals surface area contributed by atoms with Gasteiger partial charge in [-0.25, -0.2) is 0 Å². The molecule has 3 aromatic rings. The van der Waals surface area contributed by atoms with Gasteiger partial charge >= 0.3 is 0 Å². The summed E-state index contributed by atoms with van der Waals surface area (Å²) < 4.78 is 1.91. The maximum atomic E-state index is 12.6. The molecule has 3 rings (SSSR count). The number of halogens is 1. The highest BCUT2D eigenvalue weighted by Crippen LogP contribution is 2.18. The number of benzene rings is 2. The average Bonchev–Trinajstić information content (AvgIpc) is 2.62. The van der Waals surface area contributed by atoms with Gasteiger partial charge in [-0.2, -0.15) is 0 Å². The van der Waals surface area contributed by atoms with Crippen molar-refractivity contribution in [2.24, 2.45) is 0 Å². The molecule has 0 aliphatic heterocycles. The number of likely N-dealkylation sites (N-methyl/N-ethyl adjacent to an activating group) is 1. The lowest BCUT2D eigenvalue weighted by molar-refractivity contribution is -0.121. The first kappa shape index (κ1) is 19.0. The average molecular weight is 360 g/mol. The van der Waals surface area contributed by atoms with Gasteiger partial charge in [0, 0.05) is 23.9 Å². The van der Waals surface area contributed by atoms with E-state index in [9.17, 15) is 9.59 Å². The molecule has 1 aromatic heterocycles. The number of carbonyl (C=O) groups is 1. The Labute approximate surface area is 152 Å². The van der Waals surface area contributed by atoms with Gasteiger partial charge in [-0.3, -0.25) is 9.59 Å². The Kier molecular flexibility index (Phi) is 6.56. The Morgan fingerprint density at radius 2 is 1.52 bits per heavy atom. The zero-order valence-electron chi connectivity index (χ0n) is 14.1. The van der Waals surface area contributed by atoms with Crippen molar-refractivity contribution in [3.63, 3.8) is 0 Å². The molecule has 0 unspecified atom stereocenters. The highest BCUT2D eigenvalue weighted by atomic mass is 35.5. The maximum absolute atomic E-state index is 12.6. The fraction of sp³-hybridized carbons (Fsp3) is 0.263. The van der Waals surface area contributed by atoms with Crippen molar-refractivity contribution in [3.8, 4) is 0 Å². The van der Waals surface area contributed by atoms with E-state index >= 15 is 0 Å². The normalized spacial score (nSPS) is 10.6. The first-order valence-corrected chi connectivity index (χ1v) is 8.20. The van der Waals surface area contributed by atoms with Gasteiger partial charge in [0.15, 0.2) is 5.43 Å². The van der Waals surface area contributed by atoms with Crippen LogP contribution < -0.4 is 16.1 Å². The predicted molar refractivity (Wildman–Crippen MR) is 105 cm³/mol. The van der Waals surface area contributed by atoms with E-state index in [-0.39, 0.29) is 30.3 Å². The fourth-order valence-electron chi connectivity index (χ4n) is 2.91. The Morgan fingerprint density at radius 3 is 2.08 bits per heavy atom. The predicted octanol–water partition coefficient (Wildman–Crippen LogP) is 2.30. The third kappa shape index (κ3) is 4.00. The van der Waals surface area contributed by atoms with Crippen molar-refractivity contribution >= 4 is 40.1 Å². The molecule has 25 heavy (non-hydrogen) atoms. The number of amides is 1. The minimum atomic E-state index is -0.0631. The van der Waals surface area contributed by atoms with Gasteiger partial charge in [0.1, 0.15) is 6.54 Å². The topological polar surface area (TPSA) is 63.1 Å². The zero-order valence-corrected chi connectivity index (χ0v) is 14.9. The summed E-state index contributed by atoms with van der Waals surface area (Å²) in [6, 6.07) is 14.8. The molecule has 0 atom stereocenters. The van der Waals surface area contributed by atoms with Crippen molar-refractivity contribution < 1.29 is 4.79 Å². The van der Waals surface area contributed by atoms with Crippen LogP contribution in [0.2, 0.25) is 0 Å². The molecule has 1 heterocycles. The van der Waals surface area contributed by atoms with E-state index in [0.717, 1.165) is 24.1 Å². The molecule has 0 saturated carbocycles. The summed E-state index contributed by atoms with van der Waals surface area (Å²) in [6.07, 6.45) is 0. The second-order valence-corrected chi connectivity index (χ2v) is 5.65. The summed E-state index contributed by atoms with van der Waals surface area (Å²) in [5.74, 6) is -0.0631. The van der Waals surface area contributed by atoms with Crippen molar-refractivity contribution in [3.05, 3.63) is 58.8 Å². The second-order valence-electron chi connectivity index (χ2n) is 5.65. The van der Waals surface area contributed by atoms with Gasteiger partial charge in [-0.15, -0.1) is 12.4 Å². The Hall–Kier alpha value is -2.37. The smallest absolute Gasteiger partial charge is 0.240 e. The van der Waals surface area contributed by atoms with Crippen LogP contribution in [0.25, 0.3) is 21.8 Å². The van der Waals surface area contributed by atoms with Crippen molar-refractivity contribution in [1.29, 1.82) is 0 Å². The number of hydrogen-bond acceptors (Lipinski definition) is 3. The highest BCUT2D eigenvalue weighted by molar-refractivity contribution is 5.94. The second kappa shape index (κ2) is 8.65. The molecule has 0 fully saturated rings. The highest BCUT2D eigenvalue weighted by Gasteiger charge is 2.12. The first-order chi connectivity index (χ1) is 11.7. The molecule has 2 aromatic carbocycles. The molecule has 0 aliphatic rings. The first-order valence-electron chi connectivity index (χ1n) is 8.20. The molecule has 0 saturated heterocycles. The number of nitrogens with zero attached hydrogens (tertiary/aromatic N) is 1. The molecule has 6 heteroatoms. The summed E-state index contributed by atoms with van der Waals surface area (Å²) in [4.78, 5) is 25.0. The summed E-state index contributed by atoms with van der Waals surface area (Å²) >= 11 is 0. The van der Waals surface area contributed by atoms with Crippen molar-refractivity contribution in [2.75, 3.05) is 19.6 Å². The lowest BCUT2D eigenvalue weighted by Gasteiger charge is -2.15. The molecule has 5 nitrogen and oxygen atoms in total. The number of fused-ring (bicyclic) bond motifs is 2. The molecule has 0 bridgehead atoms. The number of aromatic nitrogens is 1. The number of carbonyl (C=O) groups excluding carboxylic acids is 1. The van der Waals surface area contributed by atoms with Gasteiger partial charge in [-0.1, -0.05) is 31.2 Å². The van der Waals surface area contributed by atoms with E-state index in [1.807, 2.05) is 60.0 Å². The van der Waals surface area contributed by atoms with Crippen LogP contribution >= 0.6 is 12.4 Å². The third-order valence-electron chi connectivity index (χ3n) is 4.05. The zero-order chi connectivity index (χ0) is 16.9. The minimum absolute atomic E-state index is 0. The molecule has 1 amide bonds. The Balaban J connectivity index is 0.00000225. The lowest BCUT2D eigenvalue weighted by Crippen LogP contribution is -2.34. The van der Waals surface area contributed by atoms with Crippen LogP contribution in [0.1, 0.15) is 6.92 Å². The number of hydrogen-bond donors (Lipinski definition) is 2. The molecule has 2 N–H and O–H groups in total. The van der Waals surface area contributed by atoms with E-state index < -0.39 is 0 Å². The Bertz CT molecular complexity index is 877. The van der Waals surface area contributed by atoms with Crippen LogP contribution in [-0.4, -0.2) is 30.1 Å². The summed E-state index contributed by atoms with van der Waals surface area (Å²) in [5.41, 5.74) is 1.57. The lowest BCUT2D eigenvalue weighted by atomic mass is 10.1. The minimum Gasteiger partial charge on any atom is -0.353 e. The van der Waals surface area contributed by atoms with Gasteiger partial charge < -0.3 is 15.2 Å². The maximum Gasteiger partial charge on any atom is 0.240 e. The number of pyridine rings is 1. The van der Waals surface area contributed by atoms with Gasteiger partial charge in [0.2, 0.25) is 5.91 Å². The summed E-state index contributed by atoms with van der Waals surface area (Å²) in [7, 11) is 0. The number of rotatable bonds is 6. The quantitative estimate of drug-likeness (QED) is 0.524. The van der Waals surface area contributed by atoms with E-state index in [4.69, 9.17) is 0 Å². The van der Waals surface area contributed by atoms with Gasteiger partial charge in [0.25, 0.3) is 0 Å². The SMILES string of the molecule is CCNCCNC(=O)Cn1c2ccccc2c(=O)c2ccccc21.Cl. The van der Waals surface area contributed by atoms with E-state index in [1.54, 1.807) is 0 Å². The van der Waals surface area contributed by atoms with E-state index in [2.05, 4.69) is 10.6 Å². The van der Waals surface area contributed by atoms with Crippen molar-refractivity contribution in [2.45, 2.75) is 13.5 Å². The molecular formula is C19H22ClN3O2. The van der Waals surface area contributed by atoms with Crippen LogP contribution in [-0.2, 0) is 11.3 Å². The van der Waals surface area contributed by atoms with Crippen LogP contribution in [0.5, 0.6) is 0 Å².